The number of tetrazole rings is 1. The molecule has 2 heterocycles. The predicted octanol–water partition coefficient (Wildman–Crippen LogP) is 2.37. The van der Waals surface area contributed by atoms with E-state index >= 15 is 0 Å². The Morgan fingerprint density at radius 3 is 3.00 bits per heavy atom. The molecule has 0 aliphatic carbocycles. The first-order chi connectivity index (χ1) is 10.3. The number of hydrogen-bond donors (Lipinski definition) is 1. The van der Waals surface area contributed by atoms with E-state index in [0.29, 0.717) is 0 Å². The molecule has 1 N–H and O–H groups in total. The number of hydrogen-bond acceptors (Lipinski definition) is 7. The first kappa shape index (κ1) is 16.4. The lowest BCUT2D eigenvalue weighted by atomic mass is 10.3. The van der Waals surface area contributed by atoms with Crippen LogP contribution in [-0.2, 0) is 18.7 Å². The third-order valence-electron chi connectivity index (χ3n) is 2.84. The fourth-order valence-electron chi connectivity index (χ4n) is 1.81. The molecule has 0 aliphatic heterocycles. The first-order valence-corrected chi connectivity index (χ1v) is 9.23. The average Bonchev–Trinajstić information content (AvgIpc) is 3.11. The van der Waals surface area contributed by atoms with E-state index in [1.165, 1.54) is 5.01 Å². The second-order valence-electron chi connectivity index (χ2n) is 4.71. The lowest BCUT2D eigenvalue weighted by molar-refractivity contribution is 0.510. The van der Waals surface area contributed by atoms with Crippen molar-refractivity contribution in [2.75, 3.05) is 13.1 Å². The zero-order chi connectivity index (χ0) is 14.9. The normalized spacial score (nSPS) is 11.1. The minimum atomic E-state index is 0.799. The van der Waals surface area contributed by atoms with E-state index in [4.69, 9.17) is 0 Å². The summed E-state index contributed by atoms with van der Waals surface area (Å²) in [6.45, 7) is 7.06. The Kier molecular flexibility index (Phi) is 7.11. The maximum absolute atomic E-state index is 4.62. The average molecular weight is 326 g/mol. The molecular formula is C13H22N6S2. The van der Waals surface area contributed by atoms with Crippen LogP contribution in [0.3, 0.4) is 0 Å². The standard InChI is InChI=1S/C13H22N6S2/c1-3-5-12-15-11(9-20-12)10-21-13-16-17-18-19(13)8-7-14-6-4-2/h9,14H,3-8,10H2,1-2H3. The number of nitrogens with one attached hydrogen (secondary N) is 1. The van der Waals surface area contributed by atoms with Crippen molar-refractivity contribution < 1.29 is 0 Å². The highest BCUT2D eigenvalue weighted by atomic mass is 32.2. The van der Waals surface area contributed by atoms with Crippen molar-refractivity contribution in [1.29, 1.82) is 0 Å². The molecule has 2 aromatic rings. The van der Waals surface area contributed by atoms with Crippen LogP contribution in [0, 0.1) is 0 Å². The van der Waals surface area contributed by atoms with Gasteiger partial charge in [-0.15, -0.1) is 16.4 Å². The van der Waals surface area contributed by atoms with Crippen LogP contribution in [0.1, 0.15) is 37.4 Å². The number of thiazole rings is 1. The van der Waals surface area contributed by atoms with Gasteiger partial charge in [0.15, 0.2) is 0 Å². The summed E-state index contributed by atoms with van der Waals surface area (Å²) in [5, 5.41) is 19.5. The summed E-state index contributed by atoms with van der Waals surface area (Å²) in [6.07, 6.45) is 3.35. The van der Waals surface area contributed by atoms with Crippen molar-refractivity contribution in [3.63, 3.8) is 0 Å². The SMILES string of the molecule is CCCNCCn1nnnc1SCc1csc(CCC)n1. The van der Waals surface area contributed by atoms with Gasteiger partial charge in [-0.1, -0.05) is 25.6 Å². The lowest BCUT2D eigenvalue weighted by Crippen LogP contribution is -2.21. The van der Waals surface area contributed by atoms with E-state index in [9.17, 15) is 0 Å². The van der Waals surface area contributed by atoms with Gasteiger partial charge in [0.1, 0.15) is 0 Å². The van der Waals surface area contributed by atoms with Gasteiger partial charge in [0.05, 0.1) is 17.2 Å². The van der Waals surface area contributed by atoms with Crippen LogP contribution in [0.25, 0.3) is 0 Å². The van der Waals surface area contributed by atoms with Crippen molar-refractivity contribution in [1.82, 2.24) is 30.5 Å². The molecule has 0 spiro atoms. The third-order valence-corrected chi connectivity index (χ3v) is 4.79. The minimum absolute atomic E-state index is 0.799. The maximum atomic E-state index is 4.62. The summed E-state index contributed by atoms with van der Waals surface area (Å²) < 4.78 is 1.85. The molecule has 0 saturated carbocycles. The van der Waals surface area contributed by atoms with Crippen LogP contribution in [0.2, 0.25) is 0 Å². The number of aryl methyl sites for hydroxylation is 1. The molecule has 0 atom stereocenters. The van der Waals surface area contributed by atoms with Crippen molar-refractivity contribution in [2.24, 2.45) is 0 Å². The van der Waals surface area contributed by atoms with Gasteiger partial charge >= 0.3 is 0 Å². The second kappa shape index (κ2) is 9.11. The van der Waals surface area contributed by atoms with Gasteiger partial charge in [-0.25, -0.2) is 9.67 Å². The molecule has 0 saturated heterocycles. The molecule has 0 aliphatic rings. The van der Waals surface area contributed by atoms with Gasteiger partial charge in [0, 0.05) is 17.7 Å². The van der Waals surface area contributed by atoms with Gasteiger partial charge < -0.3 is 5.32 Å². The third kappa shape index (κ3) is 5.37. The van der Waals surface area contributed by atoms with Crippen molar-refractivity contribution in [3.8, 4) is 0 Å². The van der Waals surface area contributed by atoms with Crippen molar-refractivity contribution >= 4 is 23.1 Å². The number of nitrogens with zero attached hydrogens (tertiary/aromatic N) is 5. The van der Waals surface area contributed by atoms with E-state index in [1.54, 1.807) is 23.1 Å². The predicted molar refractivity (Wildman–Crippen MR) is 86.6 cm³/mol. The van der Waals surface area contributed by atoms with Gasteiger partial charge in [0.25, 0.3) is 0 Å². The Bertz CT molecular complexity index is 524. The lowest BCUT2D eigenvalue weighted by Gasteiger charge is -2.04. The number of rotatable bonds is 10. The molecule has 0 fully saturated rings. The highest BCUT2D eigenvalue weighted by Gasteiger charge is 2.08. The van der Waals surface area contributed by atoms with Gasteiger partial charge in [-0.05, 0) is 36.2 Å². The molecule has 116 valence electrons. The Labute approximate surface area is 133 Å². The zero-order valence-electron chi connectivity index (χ0n) is 12.6. The molecule has 0 aromatic carbocycles. The van der Waals surface area contributed by atoms with Crippen molar-refractivity contribution in [2.45, 2.75) is 50.6 Å². The van der Waals surface area contributed by atoms with Crippen LogP contribution < -0.4 is 5.32 Å². The quantitative estimate of drug-likeness (QED) is 0.534. The largest absolute Gasteiger partial charge is 0.315 e. The zero-order valence-corrected chi connectivity index (χ0v) is 14.2. The first-order valence-electron chi connectivity index (χ1n) is 7.36. The molecule has 8 heteroatoms. The summed E-state index contributed by atoms with van der Waals surface area (Å²) in [7, 11) is 0. The topological polar surface area (TPSA) is 68.5 Å². The maximum Gasteiger partial charge on any atom is 0.209 e. The van der Waals surface area contributed by atoms with Gasteiger partial charge in [-0.2, -0.15) is 0 Å². The summed E-state index contributed by atoms with van der Waals surface area (Å²) in [5.41, 5.74) is 1.12. The molecule has 2 aromatic heterocycles. The van der Waals surface area contributed by atoms with E-state index in [-0.39, 0.29) is 0 Å². The Hall–Kier alpha value is -0.990. The Morgan fingerprint density at radius 2 is 2.19 bits per heavy atom. The fourth-order valence-corrected chi connectivity index (χ4v) is 3.61. The van der Waals surface area contributed by atoms with Crippen molar-refractivity contribution in [3.05, 3.63) is 16.1 Å². The van der Waals surface area contributed by atoms with Crippen LogP contribution in [-0.4, -0.2) is 38.3 Å². The molecule has 6 nitrogen and oxygen atoms in total. The molecule has 0 unspecified atom stereocenters. The Balaban J connectivity index is 1.81. The monoisotopic (exact) mass is 326 g/mol. The number of thioether (sulfide) groups is 1. The summed E-state index contributed by atoms with van der Waals surface area (Å²) >= 11 is 3.39. The fraction of sp³-hybridized carbons (Fsp3) is 0.692. The van der Waals surface area contributed by atoms with E-state index in [0.717, 1.165) is 55.5 Å². The Morgan fingerprint density at radius 1 is 1.29 bits per heavy atom. The molecule has 0 amide bonds. The molecule has 2 rings (SSSR count). The smallest absolute Gasteiger partial charge is 0.209 e. The van der Waals surface area contributed by atoms with Gasteiger partial charge in [-0.3, -0.25) is 0 Å². The van der Waals surface area contributed by atoms with Crippen LogP contribution in [0.4, 0.5) is 0 Å². The molecule has 0 radical (unpaired) electrons. The van der Waals surface area contributed by atoms with Gasteiger partial charge in [0.2, 0.25) is 5.16 Å². The van der Waals surface area contributed by atoms with E-state index < -0.39 is 0 Å². The summed E-state index contributed by atoms with van der Waals surface area (Å²) in [5.74, 6) is 0.822. The molecule has 21 heavy (non-hydrogen) atoms. The van der Waals surface area contributed by atoms with Crippen LogP contribution in [0.15, 0.2) is 10.5 Å². The highest BCUT2D eigenvalue weighted by molar-refractivity contribution is 7.98. The van der Waals surface area contributed by atoms with E-state index in [2.05, 4.69) is 45.1 Å². The molecule has 0 bridgehead atoms. The second-order valence-corrected chi connectivity index (χ2v) is 6.59. The van der Waals surface area contributed by atoms with Crippen LogP contribution >= 0.6 is 23.1 Å². The summed E-state index contributed by atoms with van der Waals surface area (Å²) in [6, 6.07) is 0. The number of aromatic nitrogens is 5. The minimum Gasteiger partial charge on any atom is -0.315 e. The molecular weight excluding hydrogens is 304 g/mol. The van der Waals surface area contributed by atoms with E-state index in [1.807, 2.05) is 4.68 Å². The summed E-state index contributed by atoms with van der Waals surface area (Å²) in [4.78, 5) is 4.62. The van der Waals surface area contributed by atoms with Crippen LogP contribution in [0.5, 0.6) is 0 Å². The highest BCUT2D eigenvalue weighted by Crippen LogP contribution is 2.21.